The average molecular weight is 653 g/mol. The van der Waals surface area contributed by atoms with Gasteiger partial charge in [-0.3, -0.25) is 4.39 Å². The van der Waals surface area contributed by atoms with E-state index in [1.807, 2.05) is 51.1 Å². The molecule has 0 aliphatic carbocycles. The number of hydrogen-bond acceptors (Lipinski definition) is 0. The molecule has 2 rings (SSSR count). The van der Waals surface area contributed by atoms with Crippen molar-refractivity contribution in [2.24, 2.45) is 11.8 Å². The second kappa shape index (κ2) is 24.3. The number of halogens is 3. The Balaban J connectivity index is 0.00000137. The molecule has 2 aromatic rings. The maximum atomic E-state index is 15.8. The van der Waals surface area contributed by atoms with Crippen LogP contribution in [0.3, 0.4) is 0 Å². The molecule has 0 spiro atoms. The van der Waals surface area contributed by atoms with Crippen LogP contribution in [0.15, 0.2) is 77.7 Å². The number of rotatable bonds is 15. The predicted octanol–water partition coefficient (Wildman–Crippen LogP) is 15.0. The Morgan fingerprint density at radius 1 is 0.894 bits per heavy atom. The summed E-state index contributed by atoms with van der Waals surface area (Å²) in [5.74, 6) is 0.381. The molecule has 2 atom stereocenters. The molecule has 264 valence electrons. The Hall–Kier alpha value is -2.81. The average Bonchev–Trinajstić information content (AvgIpc) is 3.03. The van der Waals surface area contributed by atoms with Crippen LogP contribution in [-0.2, 0) is 6.42 Å². The lowest BCUT2D eigenvalue weighted by Crippen LogP contribution is -2.07. The molecule has 0 aromatic heterocycles. The highest BCUT2D eigenvalue weighted by molar-refractivity contribution is 5.71. The van der Waals surface area contributed by atoms with E-state index in [9.17, 15) is 8.78 Å². The fraction of sp³-hybridized carbons (Fsp3) is 0.545. The Kier molecular flexibility index (Phi) is 22.9. The second-order valence-corrected chi connectivity index (χ2v) is 13.5. The Labute approximate surface area is 288 Å². The third kappa shape index (κ3) is 16.2. The highest BCUT2D eigenvalue weighted by Crippen LogP contribution is 2.35. The lowest BCUT2D eigenvalue weighted by molar-refractivity contribution is 0.458. The summed E-state index contributed by atoms with van der Waals surface area (Å²) in [6.07, 6.45) is 10.8. The number of hydrogen-bond donors (Lipinski definition) is 0. The summed E-state index contributed by atoms with van der Waals surface area (Å²) in [6.45, 7) is 28.7. The molecular weight excluding hydrogens is 585 g/mol. The zero-order chi connectivity index (χ0) is 36.1. The van der Waals surface area contributed by atoms with Gasteiger partial charge >= 0.3 is 0 Å². The molecule has 0 nitrogen and oxygen atoms in total. The van der Waals surface area contributed by atoms with Crippen molar-refractivity contribution < 1.29 is 13.2 Å². The lowest BCUT2D eigenvalue weighted by atomic mass is 9.85. The Bertz CT molecular complexity index is 1250. The van der Waals surface area contributed by atoms with E-state index in [2.05, 4.69) is 68.0 Å². The van der Waals surface area contributed by atoms with E-state index in [0.717, 1.165) is 48.6 Å². The van der Waals surface area contributed by atoms with Gasteiger partial charge in [-0.15, -0.1) is 0 Å². The van der Waals surface area contributed by atoms with E-state index in [0.29, 0.717) is 40.7 Å². The van der Waals surface area contributed by atoms with Crippen molar-refractivity contribution in [3.05, 3.63) is 111 Å². The van der Waals surface area contributed by atoms with Crippen molar-refractivity contribution in [2.45, 2.75) is 140 Å². The summed E-state index contributed by atoms with van der Waals surface area (Å²) in [6, 6.07) is 11.2. The van der Waals surface area contributed by atoms with Gasteiger partial charge in [0.1, 0.15) is 18.3 Å². The van der Waals surface area contributed by atoms with Crippen LogP contribution in [0.5, 0.6) is 0 Å². The van der Waals surface area contributed by atoms with Crippen LogP contribution >= 0.6 is 0 Å². The van der Waals surface area contributed by atoms with Crippen molar-refractivity contribution in [1.82, 2.24) is 0 Å². The molecule has 0 saturated carbocycles. The fourth-order valence-electron chi connectivity index (χ4n) is 5.02. The molecule has 2 aromatic carbocycles. The van der Waals surface area contributed by atoms with Gasteiger partial charge in [-0.25, -0.2) is 8.78 Å². The van der Waals surface area contributed by atoms with Gasteiger partial charge in [0.05, 0.1) is 0 Å². The minimum atomic E-state index is -0.595. The van der Waals surface area contributed by atoms with Crippen LogP contribution in [0.2, 0.25) is 0 Å². The predicted molar refractivity (Wildman–Crippen MR) is 204 cm³/mol. The smallest absolute Gasteiger partial charge is 0.127 e. The summed E-state index contributed by atoms with van der Waals surface area (Å²) in [4.78, 5) is 0. The van der Waals surface area contributed by atoms with Crippen molar-refractivity contribution in [3.8, 4) is 0 Å². The van der Waals surface area contributed by atoms with Crippen LogP contribution < -0.4 is 0 Å². The summed E-state index contributed by atoms with van der Waals surface area (Å²) >= 11 is 0. The molecule has 0 radical (unpaired) electrons. The van der Waals surface area contributed by atoms with Crippen LogP contribution in [-0.4, -0.2) is 6.67 Å². The zero-order valence-electron chi connectivity index (χ0n) is 32.1. The molecule has 0 amide bonds. The zero-order valence-corrected chi connectivity index (χ0v) is 32.1. The standard InChI is InChI=1S/C31H39F3.C9H18.C4H10/c1-7-10-12-28(27-17-21(4)22(5)30(33)19-27)31(34)18-26(11-8-2)23(6)29(20-32)25-15-13-24(9-3)14-16-25;1-5-7-9(4)8(3)6-2;1-4(2)3/h13-19,29H,6-12,20H2,1-5H3;7-8H,5-6H2,1-4H3;4H,1-3H3/b26-18-,31-28-;9-7+;. The summed E-state index contributed by atoms with van der Waals surface area (Å²) in [7, 11) is 0. The van der Waals surface area contributed by atoms with E-state index in [-0.39, 0.29) is 11.6 Å². The van der Waals surface area contributed by atoms with Gasteiger partial charge in [0.25, 0.3) is 0 Å². The van der Waals surface area contributed by atoms with Crippen LogP contribution in [0, 0.1) is 31.5 Å². The van der Waals surface area contributed by atoms with E-state index in [1.165, 1.54) is 30.5 Å². The first kappa shape index (κ1) is 44.2. The largest absolute Gasteiger partial charge is 0.250 e. The quantitative estimate of drug-likeness (QED) is 0.133. The number of benzene rings is 2. The summed E-state index contributed by atoms with van der Waals surface area (Å²) in [5.41, 5.74) is 7.33. The highest BCUT2D eigenvalue weighted by Gasteiger charge is 2.20. The van der Waals surface area contributed by atoms with Gasteiger partial charge in [0.15, 0.2) is 0 Å². The van der Waals surface area contributed by atoms with Crippen LogP contribution in [0.1, 0.15) is 148 Å². The molecule has 0 heterocycles. The first-order chi connectivity index (χ1) is 22.2. The van der Waals surface area contributed by atoms with Crippen LogP contribution in [0.4, 0.5) is 13.2 Å². The van der Waals surface area contributed by atoms with Crippen molar-refractivity contribution in [1.29, 1.82) is 0 Å². The number of allylic oxidation sites excluding steroid dienone is 7. The van der Waals surface area contributed by atoms with Crippen molar-refractivity contribution >= 4 is 5.57 Å². The molecule has 3 heteroatoms. The topological polar surface area (TPSA) is 0 Å². The molecule has 2 unspecified atom stereocenters. The highest BCUT2D eigenvalue weighted by atomic mass is 19.1. The number of aryl methyl sites for hydroxylation is 2. The van der Waals surface area contributed by atoms with E-state index in [1.54, 1.807) is 12.5 Å². The second-order valence-electron chi connectivity index (χ2n) is 13.5. The number of alkyl halides is 1. The van der Waals surface area contributed by atoms with Gasteiger partial charge in [0.2, 0.25) is 0 Å². The molecule has 0 saturated heterocycles. The third-order valence-corrected chi connectivity index (χ3v) is 8.53. The van der Waals surface area contributed by atoms with E-state index < -0.39 is 12.6 Å². The van der Waals surface area contributed by atoms with Gasteiger partial charge in [-0.05, 0) is 128 Å². The van der Waals surface area contributed by atoms with E-state index in [4.69, 9.17) is 0 Å². The minimum absolute atomic E-state index is 0.327. The first-order valence-electron chi connectivity index (χ1n) is 18.1. The molecule has 0 N–H and O–H groups in total. The minimum Gasteiger partial charge on any atom is -0.250 e. The molecule has 47 heavy (non-hydrogen) atoms. The maximum Gasteiger partial charge on any atom is 0.127 e. The third-order valence-electron chi connectivity index (χ3n) is 8.53. The number of unbranched alkanes of at least 4 members (excludes halogenated alkanes) is 1. The van der Waals surface area contributed by atoms with Crippen molar-refractivity contribution in [3.63, 3.8) is 0 Å². The Morgan fingerprint density at radius 2 is 1.49 bits per heavy atom. The van der Waals surface area contributed by atoms with Gasteiger partial charge in [-0.2, -0.15) is 0 Å². The van der Waals surface area contributed by atoms with Crippen molar-refractivity contribution in [2.75, 3.05) is 6.67 Å². The molecular formula is C44H67F3. The van der Waals surface area contributed by atoms with Gasteiger partial charge in [0, 0.05) is 5.92 Å². The molecule has 0 fully saturated rings. The first-order valence-corrected chi connectivity index (χ1v) is 18.1. The normalized spacial score (nSPS) is 13.6. The van der Waals surface area contributed by atoms with Gasteiger partial charge in [-0.1, -0.05) is 124 Å². The molecule has 0 aliphatic heterocycles. The SMILES string of the molecule is C=C(/C(=C\C(F)=C(/CCCC)c1cc(C)c(C)c(F)c1)CCC)C(CF)c1ccc(CC)cc1.CC(C)C.CC/C=C(\C)C(C)CC. The monoisotopic (exact) mass is 653 g/mol. The molecule has 0 aliphatic rings. The van der Waals surface area contributed by atoms with Gasteiger partial charge < -0.3 is 0 Å². The molecule has 0 bridgehead atoms. The summed E-state index contributed by atoms with van der Waals surface area (Å²) in [5, 5.41) is 0. The maximum absolute atomic E-state index is 15.8. The van der Waals surface area contributed by atoms with Crippen LogP contribution in [0.25, 0.3) is 5.57 Å². The fourth-order valence-corrected chi connectivity index (χ4v) is 5.02. The Morgan fingerprint density at radius 3 is 1.94 bits per heavy atom. The summed E-state index contributed by atoms with van der Waals surface area (Å²) < 4.78 is 44.5. The lowest BCUT2D eigenvalue weighted by Gasteiger charge is -2.20. The van der Waals surface area contributed by atoms with E-state index >= 15 is 4.39 Å².